The van der Waals surface area contributed by atoms with Gasteiger partial charge in [-0.2, -0.15) is 5.26 Å². The van der Waals surface area contributed by atoms with Crippen LogP contribution in [0.25, 0.3) is 0 Å². The fraction of sp³-hybridized carbons (Fsp3) is 0.207. The van der Waals surface area contributed by atoms with Gasteiger partial charge in [-0.05, 0) is 67.8 Å². The first-order chi connectivity index (χ1) is 17.9. The summed E-state index contributed by atoms with van der Waals surface area (Å²) >= 11 is 1.17. The first kappa shape index (κ1) is 26.0. The Hall–Kier alpha value is -4.09. The predicted octanol–water partition coefficient (Wildman–Crippen LogP) is 5.53. The summed E-state index contributed by atoms with van der Waals surface area (Å²) in [6, 6.07) is 24.0. The molecule has 0 aliphatic carbocycles. The van der Waals surface area contributed by atoms with E-state index in [-0.39, 0.29) is 28.4 Å². The molecule has 1 aliphatic heterocycles. The van der Waals surface area contributed by atoms with Crippen molar-refractivity contribution in [3.8, 4) is 11.8 Å². The maximum Gasteiger partial charge on any atom is 0.265 e. The van der Waals surface area contributed by atoms with Crippen molar-refractivity contribution in [1.29, 1.82) is 5.26 Å². The van der Waals surface area contributed by atoms with E-state index in [1.54, 1.807) is 36.4 Å². The summed E-state index contributed by atoms with van der Waals surface area (Å²) < 4.78 is 18.9. The van der Waals surface area contributed by atoms with E-state index in [1.807, 2.05) is 50.2 Å². The summed E-state index contributed by atoms with van der Waals surface area (Å²) in [5.74, 6) is -0.534. The molecule has 3 aromatic carbocycles. The van der Waals surface area contributed by atoms with E-state index < -0.39 is 11.2 Å². The zero-order valence-electron chi connectivity index (χ0n) is 20.5. The smallest absolute Gasteiger partial charge is 0.265 e. The Labute approximate surface area is 219 Å². The number of carbonyl (C=O) groups excluding carboxylic acids is 2. The van der Waals surface area contributed by atoms with Crippen LogP contribution in [-0.4, -0.2) is 23.7 Å². The number of ether oxygens (including phenoxy) is 1. The van der Waals surface area contributed by atoms with E-state index in [0.29, 0.717) is 24.5 Å². The Morgan fingerprint density at radius 2 is 1.78 bits per heavy atom. The molecule has 0 aromatic heterocycles. The Morgan fingerprint density at radius 3 is 2.41 bits per heavy atom. The minimum Gasteiger partial charge on any atom is -0.494 e. The standard InChI is InChI=1S/C29H26FN3O3S/c1-3-36-24-15-13-23(14-16-24)33-28(35)26(17-20-9-11-22(30)12-10-20)37-29(33)25(18-31)27(34)32-19(2)21-7-5-4-6-8-21/h4-16,19,26H,3,17H2,1-2H3,(H,32,34)/b29-25-. The Kier molecular flexibility index (Phi) is 8.26. The molecule has 1 fully saturated rings. The highest BCUT2D eigenvalue weighted by molar-refractivity contribution is 8.05. The molecule has 188 valence electrons. The number of carbonyl (C=O) groups is 2. The Bertz CT molecular complexity index is 1340. The van der Waals surface area contributed by atoms with Crippen molar-refractivity contribution in [3.05, 3.63) is 106 Å². The number of nitrogens with zero attached hydrogens (tertiary/aromatic N) is 2. The Balaban J connectivity index is 1.69. The highest BCUT2D eigenvalue weighted by Gasteiger charge is 2.41. The molecule has 2 amide bonds. The summed E-state index contributed by atoms with van der Waals surface area (Å²) in [7, 11) is 0. The predicted molar refractivity (Wildman–Crippen MR) is 142 cm³/mol. The number of nitrogens with one attached hydrogen (secondary N) is 1. The van der Waals surface area contributed by atoms with E-state index in [4.69, 9.17) is 4.74 Å². The molecule has 8 heteroatoms. The van der Waals surface area contributed by atoms with Gasteiger partial charge in [0.1, 0.15) is 28.2 Å². The summed E-state index contributed by atoms with van der Waals surface area (Å²) in [6.45, 7) is 4.21. The van der Waals surface area contributed by atoms with Gasteiger partial charge in [0, 0.05) is 5.69 Å². The van der Waals surface area contributed by atoms with Gasteiger partial charge in [-0.1, -0.05) is 54.2 Å². The van der Waals surface area contributed by atoms with E-state index >= 15 is 0 Å². The molecule has 6 nitrogen and oxygen atoms in total. The van der Waals surface area contributed by atoms with Gasteiger partial charge in [-0.25, -0.2) is 4.39 Å². The first-order valence-corrected chi connectivity index (χ1v) is 12.8. The molecule has 0 bridgehead atoms. The lowest BCUT2D eigenvalue weighted by Crippen LogP contribution is -2.32. The maximum atomic E-state index is 13.6. The number of rotatable bonds is 8. The van der Waals surface area contributed by atoms with Gasteiger partial charge in [-0.15, -0.1) is 0 Å². The van der Waals surface area contributed by atoms with Crippen LogP contribution in [0.4, 0.5) is 10.1 Å². The summed E-state index contributed by atoms with van der Waals surface area (Å²) in [6.07, 6.45) is 0.321. The van der Waals surface area contributed by atoms with Crippen LogP contribution in [0.15, 0.2) is 89.5 Å². The number of nitriles is 1. The number of halogens is 1. The van der Waals surface area contributed by atoms with Crippen LogP contribution >= 0.6 is 11.8 Å². The summed E-state index contributed by atoms with van der Waals surface area (Å²) in [4.78, 5) is 28.3. The fourth-order valence-corrected chi connectivity index (χ4v) is 5.32. The highest BCUT2D eigenvalue weighted by Crippen LogP contribution is 2.42. The number of hydrogen-bond donors (Lipinski definition) is 1. The lowest BCUT2D eigenvalue weighted by molar-refractivity contribution is -0.117. The molecule has 4 rings (SSSR count). The van der Waals surface area contributed by atoms with Crippen LogP contribution in [0, 0.1) is 17.1 Å². The van der Waals surface area contributed by atoms with Gasteiger partial charge >= 0.3 is 0 Å². The molecule has 0 spiro atoms. The lowest BCUT2D eigenvalue weighted by atomic mass is 10.1. The van der Waals surface area contributed by atoms with Crippen LogP contribution < -0.4 is 15.0 Å². The van der Waals surface area contributed by atoms with Gasteiger partial charge < -0.3 is 10.1 Å². The lowest BCUT2D eigenvalue weighted by Gasteiger charge is -2.20. The van der Waals surface area contributed by atoms with Crippen molar-refractivity contribution in [3.63, 3.8) is 0 Å². The van der Waals surface area contributed by atoms with Crippen molar-refractivity contribution in [2.45, 2.75) is 31.6 Å². The van der Waals surface area contributed by atoms with E-state index in [9.17, 15) is 19.2 Å². The average molecular weight is 516 g/mol. The largest absolute Gasteiger partial charge is 0.494 e. The van der Waals surface area contributed by atoms with Crippen LogP contribution in [-0.2, 0) is 16.0 Å². The number of thioether (sulfide) groups is 1. The first-order valence-electron chi connectivity index (χ1n) is 11.9. The average Bonchev–Trinajstić information content (AvgIpc) is 3.22. The van der Waals surface area contributed by atoms with E-state index in [2.05, 4.69) is 5.32 Å². The van der Waals surface area contributed by atoms with Crippen LogP contribution in [0.3, 0.4) is 0 Å². The second kappa shape index (κ2) is 11.8. The normalized spacial score (nSPS) is 17.2. The molecule has 0 radical (unpaired) electrons. The molecule has 37 heavy (non-hydrogen) atoms. The number of benzene rings is 3. The van der Waals surface area contributed by atoms with Crippen LogP contribution in [0.5, 0.6) is 5.75 Å². The SMILES string of the molecule is CCOc1ccc(N2C(=O)C(Cc3ccc(F)cc3)S/C2=C(/C#N)C(=O)NC(C)c2ccccc2)cc1. The third-order valence-corrected chi connectivity index (χ3v) is 7.16. The van der Waals surface area contributed by atoms with Crippen molar-refractivity contribution in [2.75, 3.05) is 11.5 Å². The Morgan fingerprint density at radius 1 is 1.11 bits per heavy atom. The van der Waals surface area contributed by atoms with Crippen molar-refractivity contribution in [2.24, 2.45) is 0 Å². The molecule has 1 aliphatic rings. The molecule has 1 heterocycles. The number of amides is 2. The fourth-order valence-electron chi connectivity index (χ4n) is 4.01. The van der Waals surface area contributed by atoms with Gasteiger partial charge in [0.05, 0.1) is 17.9 Å². The number of anilines is 1. The summed E-state index contributed by atoms with van der Waals surface area (Å²) in [5, 5.41) is 12.6. The van der Waals surface area contributed by atoms with Crippen molar-refractivity contribution < 1.29 is 18.7 Å². The summed E-state index contributed by atoms with van der Waals surface area (Å²) in [5.41, 5.74) is 2.05. The van der Waals surface area contributed by atoms with Gasteiger partial charge in [0.15, 0.2) is 0 Å². The van der Waals surface area contributed by atoms with E-state index in [0.717, 1.165) is 11.1 Å². The molecular weight excluding hydrogens is 489 g/mol. The quantitative estimate of drug-likeness (QED) is 0.315. The molecule has 3 aromatic rings. The van der Waals surface area contributed by atoms with Crippen molar-refractivity contribution >= 4 is 29.3 Å². The zero-order valence-corrected chi connectivity index (χ0v) is 21.3. The number of hydrogen-bond acceptors (Lipinski definition) is 5. The monoisotopic (exact) mass is 515 g/mol. The zero-order chi connectivity index (χ0) is 26.4. The third kappa shape index (κ3) is 6.01. The van der Waals surface area contributed by atoms with Gasteiger partial charge in [-0.3, -0.25) is 14.5 Å². The molecule has 2 atom stereocenters. The maximum absolute atomic E-state index is 13.6. The topological polar surface area (TPSA) is 82.4 Å². The molecular formula is C29H26FN3O3S. The third-order valence-electron chi connectivity index (χ3n) is 5.89. The van der Waals surface area contributed by atoms with Crippen LogP contribution in [0.1, 0.15) is 31.0 Å². The minimum atomic E-state index is -0.588. The molecule has 0 saturated carbocycles. The molecule has 1 saturated heterocycles. The van der Waals surface area contributed by atoms with Crippen molar-refractivity contribution in [1.82, 2.24) is 5.32 Å². The van der Waals surface area contributed by atoms with E-state index in [1.165, 1.54) is 28.8 Å². The van der Waals surface area contributed by atoms with Crippen LogP contribution in [0.2, 0.25) is 0 Å². The second-order valence-electron chi connectivity index (χ2n) is 8.44. The minimum absolute atomic E-state index is 0.142. The highest BCUT2D eigenvalue weighted by atomic mass is 32.2. The molecule has 1 N–H and O–H groups in total. The van der Waals surface area contributed by atoms with Gasteiger partial charge in [0.2, 0.25) is 5.91 Å². The molecule has 2 unspecified atom stereocenters. The van der Waals surface area contributed by atoms with Gasteiger partial charge in [0.25, 0.3) is 5.91 Å². The second-order valence-corrected chi connectivity index (χ2v) is 9.63.